The number of benzene rings is 1. The molecule has 37 heavy (non-hydrogen) atoms. The molecule has 3 aliphatic rings. The fraction of sp³-hybridized carbons (Fsp3) is 0.667. The van der Waals surface area contributed by atoms with Crippen molar-refractivity contribution in [2.45, 2.75) is 95.5 Å². The minimum Gasteiger partial charge on any atom is -0.441 e. The highest BCUT2D eigenvalue weighted by Crippen LogP contribution is 2.46. The minimum atomic E-state index is -2.61. The van der Waals surface area contributed by atoms with Gasteiger partial charge in [-0.1, -0.05) is 19.1 Å². The Kier molecular flexibility index (Phi) is 8.42. The van der Waals surface area contributed by atoms with E-state index in [1.54, 1.807) is 4.90 Å². The number of esters is 1. The molecule has 6 atom stereocenters. The molecule has 0 spiro atoms. The molecule has 3 heterocycles. The fourth-order valence-electron chi connectivity index (χ4n) is 6.40. The van der Waals surface area contributed by atoms with Crippen LogP contribution in [0.25, 0.3) is 0 Å². The van der Waals surface area contributed by atoms with Crippen LogP contribution in [0.4, 0.5) is 5.69 Å². The molecule has 10 heteroatoms. The zero-order valence-corrected chi connectivity index (χ0v) is 23.3. The predicted molar refractivity (Wildman–Crippen MR) is 140 cm³/mol. The summed E-state index contributed by atoms with van der Waals surface area (Å²) in [5.74, 6) is -0.402. The van der Waals surface area contributed by atoms with Crippen LogP contribution in [0.15, 0.2) is 24.3 Å². The van der Waals surface area contributed by atoms with E-state index in [9.17, 15) is 24.3 Å². The maximum atomic E-state index is 13.1. The second-order valence-electron chi connectivity index (χ2n) is 11.3. The average molecular weight is 533 g/mol. The molecule has 2 amide bonds. The van der Waals surface area contributed by atoms with Crippen molar-refractivity contribution >= 4 is 31.8 Å². The van der Waals surface area contributed by atoms with Gasteiger partial charge in [0.1, 0.15) is 0 Å². The lowest BCUT2D eigenvalue weighted by Gasteiger charge is -2.39. The number of aliphatic hydroxyl groups is 1. The predicted octanol–water partition coefficient (Wildman–Crippen LogP) is 2.59. The molecule has 4 rings (SSSR count). The van der Waals surface area contributed by atoms with Crippen LogP contribution < -0.4 is 4.90 Å². The fourth-order valence-corrected chi connectivity index (χ4v) is 9.01. The van der Waals surface area contributed by atoms with Crippen LogP contribution >= 0.6 is 0 Å². The number of nitrogens with zero attached hydrogens (tertiary/aromatic N) is 2. The highest BCUT2D eigenvalue weighted by atomic mass is 28.4. The summed E-state index contributed by atoms with van der Waals surface area (Å²) in [6, 6.07) is 7.55. The number of anilines is 1. The Balaban J connectivity index is 1.41. The summed E-state index contributed by atoms with van der Waals surface area (Å²) in [5, 5.41) is 9.63. The maximum Gasteiger partial charge on any atom is 0.304 e. The van der Waals surface area contributed by atoms with Crippen molar-refractivity contribution in [2.24, 2.45) is 5.92 Å². The molecule has 204 valence electrons. The van der Waals surface area contributed by atoms with Gasteiger partial charge in [0.05, 0.1) is 37.7 Å². The quantitative estimate of drug-likeness (QED) is 0.285. The molecule has 0 bridgehead atoms. The van der Waals surface area contributed by atoms with Crippen LogP contribution in [0.2, 0.25) is 18.6 Å². The third-order valence-corrected chi connectivity index (χ3v) is 10.6. The van der Waals surface area contributed by atoms with Crippen molar-refractivity contribution in [1.29, 1.82) is 0 Å². The van der Waals surface area contributed by atoms with Crippen molar-refractivity contribution < 1.29 is 33.8 Å². The Morgan fingerprint density at radius 2 is 2.00 bits per heavy atom. The molecule has 0 aliphatic carbocycles. The van der Waals surface area contributed by atoms with Crippen LogP contribution in [-0.4, -0.2) is 78.5 Å². The molecule has 0 aromatic heterocycles. The monoisotopic (exact) mass is 532 g/mol. The van der Waals surface area contributed by atoms with Gasteiger partial charge in [-0.25, -0.2) is 0 Å². The van der Waals surface area contributed by atoms with Gasteiger partial charge in [-0.2, -0.15) is 0 Å². The number of β-lactam (4-membered cyclic amide) rings is 1. The van der Waals surface area contributed by atoms with E-state index < -0.39 is 20.5 Å². The number of hydrogen-bond donors (Lipinski definition) is 2. The SMILES string of the molecule is CC(=O)OC1CC(=O)N1c1cccc(CC[C@@H]2O[C@H](CC(=O)N3CCC[C@H]3CO)[C@@H]([Si](C)(C)O)[C@@H]2C)c1. The van der Waals surface area contributed by atoms with E-state index in [1.807, 2.05) is 37.4 Å². The Morgan fingerprint density at radius 1 is 1.24 bits per heavy atom. The number of rotatable bonds is 9. The van der Waals surface area contributed by atoms with E-state index in [0.29, 0.717) is 18.7 Å². The van der Waals surface area contributed by atoms with Gasteiger partial charge in [0.15, 0.2) is 14.5 Å². The van der Waals surface area contributed by atoms with Crippen molar-refractivity contribution in [3.63, 3.8) is 0 Å². The average Bonchev–Trinajstić information content (AvgIpc) is 3.41. The van der Waals surface area contributed by atoms with Gasteiger partial charge < -0.3 is 24.3 Å². The zero-order chi connectivity index (χ0) is 26.9. The van der Waals surface area contributed by atoms with Gasteiger partial charge in [-0.15, -0.1) is 0 Å². The number of amides is 2. The Labute approximate surface area is 219 Å². The lowest BCUT2D eigenvalue weighted by molar-refractivity contribution is -0.154. The second-order valence-corrected chi connectivity index (χ2v) is 15.2. The Bertz CT molecular complexity index is 1010. The first kappa shape index (κ1) is 27.8. The van der Waals surface area contributed by atoms with Gasteiger partial charge in [-0.3, -0.25) is 19.3 Å². The molecule has 1 aromatic carbocycles. The molecule has 3 saturated heterocycles. The lowest BCUT2D eigenvalue weighted by atomic mass is 9.94. The van der Waals surface area contributed by atoms with Gasteiger partial charge in [0, 0.05) is 24.7 Å². The first-order valence-electron chi connectivity index (χ1n) is 13.4. The van der Waals surface area contributed by atoms with E-state index in [4.69, 9.17) is 9.47 Å². The summed E-state index contributed by atoms with van der Waals surface area (Å²) in [6.07, 6.45) is 2.57. The van der Waals surface area contributed by atoms with Gasteiger partial charge in [-0.05, 0) is 62.4 Å². The van der Waals surface area contributed by atoms with E-state index in [0.717, 1.165) is 24.8 Å². The second kappa shape index (κ2) is 11.2. The van der Waals surface area contributed by atoms with Crippen molar-refractivity contribution in [3.8, 4) is 0 Å². The number of ether oxygens (including phenoxy) is 2. The number of hydrogen-bond acceptors (Lipinski definition) is 7. The number of likely N-dealkylation sites (tertiary alicyclic amines) is 1. The van der Waals surface area contributed by atoms with E-state index in [-0.39, 0.29) is 61.0 Å². The summed E-state index contributed by atoms with van der Waals surface area (Å²) in [4.78, 5) is 51.0. The maximum absolute atomic E-state index is 13.1. The summed E-state index contributed by atoms with van der Waals surface area (Å²) >= 11 is 0. The number of aliphatic hydroxyl groups excluding tert-OH is 1. The number of carbonyl (C=O) groups excluding carboxylic acids is 3. The Morgan fingerprint density at radius 3 is 2.65 bits per heavy atom. The van der Waals surface area contributed by atoms with Crippen LogP contribution in [0.1, 0.15) is 51.5 Å². The van der Waals surface area contributed by atoms with Gasteiger partial charge in [0.2, 0.25) is 11.8 Å². The molecule has 0 saturated carbocycles. The molecular formula is C27H40N2O7Si. The van der Waals surface area contributed by atoms with Crippen molar-refractivity contribution in [3.05, 3.63) is 29.8 Å². The van der Waals surface area contributed by atoms with Gasteiger partial charge in [0.25, 0.3) is 0 Å². The first-order valence-corrected chi connectivity index (χ1v) is 16.4. The molecule has 3 aliphatic heterocycles. The van der Waals surface area contributed by atoms with E-state index in [1.165, 1.54) is 11.8 Å². The molecule has 9 nitrogen and oxygen atoms in total. The van der Waals surface area contributed by atoms with Crippen LogP contribution in [0.3, 0.4) is 0 Å². The normalized spacial score (nSPS) is 29.9. The van der Waals surface area contributed by atoms with Crippen LogP contribution in [0, 0.1) is 5.92 Å². The summed E-state index contributed by atoms with van der Waals surface area (Å²) in [5.41, 5.74) is 1.68. The summed E-state index contributed by atoms with van der Waals surface area (Å²) < 4.78 is 11.7. The van der Waals surface area contributed by atoms with Crippen LogP contribution in [0.5, 0.6) is 0 Å². The van der Waals surface area contributed by atoms with Crippen LogP contribution in [-0.2, 0) is 30.3 Å². The highest BCUT2D eigenvalue weighted by molar-refractivity contribution is 6.71. The molecule has 0 radical (unpaired) electrons. The molecule has 3 fully saturated rings. The topological polar surface area (TPSA) is 117 Å². The lowest BCUT2D eigenvalue weighted by Crippen LogP contribution is -2.54. The number of carbonyl (C=O) groups is 3. The smallest absolute Gasteiger partial charge is 0.304 e. The van der Waals surface area contributed by atoms with E-state index >= 15 is 0 Å². The van der Waals surface area contributed by atoms with E-state index in [2.05, 4.69) is 6.92 Å². The van der Waals surface area contributed by atoms with Crippen molar-refractivity contribution in [1.82, 2.24) is 4.90 Å². The largest absolute Gasteiger partial charge is 0.441 e. The van der Waals surface area contributed by atoms with Crippen molar-refractivity contribution in [2.75, 3.05) is 18.1 Å². The molecular weight excluding hydrogens is 492 g/mol. The van der Waals surface area contributed by atoms with Gasteiger partial charge >= 0.3 is 5.97 Å². The summed E-state index contributed by atoms with van der Waals surface area (Å²) in [6.45, 7) is 7.91. The first-order chi connectivity index (χ1) is 17.5. The molecule has 2 N–H and O–H groups in total. The highest BCUT2D eigenvalue weighted by Gasteiger charge is 2.50. The summed E-state index contributed by atoms with van der Waals surface area (Å²) in [7, 11) is -2.61. The third-order valence-electron chi connectivity index (χ3n) is 8.12. The Hall–Kier alpha value is -2.27. The zero-order valence-electron chi connectivity index (χ0n) is 22.3. The third kappa shape index (κ3) is 6.08. The standard InChI is InChI=1S/C27H40N2O7Si/c1-17-22(11-10-19-7-5-8-20(13-19)29-25(33)15-26(29)35-18(2)31)36-23(27(17)37(3,4)34)14-24(32)28-12-6-9-21(28)16-30/h5,7-8,13,17,21-23,26-27,30,34H,6,9-12,14-16H2,1-4H3/t17-,21+,22+,23-,26?,27+/m1/s1. The minimum absolute atomic E-state index is 0.00750. The molecule has 1 unspecified atom stereocenters. The molecule has 1 aromatic rings. The number of aryl methyl sites for hydroxylation is 1.